The molecule has 1 aromatic carbocycles. The summed E-state index contributed by atoms with van der Waals surface area (Å²) in [5.41, 5.74) is -0.888. The second kappa shape index (κ2) is 6.35. The van der Waals surface area contributed by atoms with Crippen molar-refractivity contribution in [2.24, 2.45) is 0 Å². The first-order chi connectivity index (χ1) is 11.6. The smallest absolute Gasteiger partial charge is 0.280 e. The minimum absolute atomic E-state index is 0.361. The van der Waals surface area contributed by atoms with Crippen molar-refractivity contribution in [2.45, 2.75) is 26.0 Å². The van der Waals surface area contributed by atoms with Crippen LogP contribution in [0, 0.1) is 0 Å². The second-order valence-electron chi connectivity index (χ2n) is 5.68. The fraction of sp³-hybridized carbons (Fsp3) is 0.353. The molecule has 2 amide bonds. The van der Waals surface area contributed by atoms with Gasteiger partial charge in [0.2, 0.25) is 0 Å². The van der Waals surface area contributed by atoms with Crippen molar-refractivity contribution in [3.05, 3.63) is 42.7 Å². The van der Waals surface area contributed by atoms with Gasteiger partial charge >= 0.3 is 0 Å². The molecule has 0 bridgehead atoms. The molecule has 0 saturated carbocycles. The first kappa shape index (κ1) is 16.0. The number of anilines is 1. The molecule has 1 aromatic heterocycles. The zero-order valence-electron chi connectivity index (χ0n) is 13.7. The maximum atomic E-state index is 12.8. The largest absolute Gasteiger partial charge is 0.466 e. The number of fused-ring (bicyclic) bond motifs is 1. The van der Waals surface area contributed by atoms with Gasteiger partial charge in [-0.25, -0.2) is 0 Å². The predicted octanol–water partition coefficient (Wildman–Crippen LogP) is 1.20. The van der Waals surface area contributed by atoms with E-state index in [0.717, 1.165) is 0 Å². The van der Waals surface area contributed by atoms with Gasteiger partial charge < -0.3 is 15.0 Å². The Balaban J connectivity index is 1.76. The molecule has 0 spiro atoms. The molecule has 1 atom stereocenters. The summed E-state index contributed by atoms with van der Waals surface area (Å²) < 4.78 is 7.50. The molecule has 0 fully saturated rings. The monoisotopic (exact) mass is 328 g/mol. The van der Waals surface area contributed by atoms with E-state index in [0.29, 0.717) is 31.1 Å². The summed E-state index contributed by atoms with van der Waals surface area (Å²) in [6.45, 7) is 4.74. The lowest BCUT2D eigenvalue weighted by molar-refractivity contribution is -0.148. The lowest BCUT2D eigenvalue weighted by Gasteiger charge is -2.39. The second-order valence-corrected chi connectivity index (χ2v) is 5.68. The molecule has 0 aliphatic carbocycles. The van der Waals surface area contributed by atoms with Gasteiger partial charge in [0.05, 0.1) is 12.2 Å². The lowest BCUT2D eigenvalue weighted by atomic mass is 10.00. The number of para-hydroxylation sites is 2. The first-order valence-electron chi connectivity index (χ1n) is 7.92. The Morgan fingerprint density at radius 2 is 2.12 bits per heavy atom. The standard InChI is InChI=1S/C17H20N4O3/c1-3-21-13-7-4-5-8-14(13)24-17(2,16(21)23)15(22)18-10-12-20-11-6-9-19-20/h4-9,11H,3,10,12H2,1-2H3,(H,18,22). The molecule has 0 saturated heterocycles. The molecular weight excluding hydrogens is 308 g/mol. The molecule has 1 aliphatic rings. The average Bonchev–Trinajstić information content (AvgIpc) is 3.09. The third-order valence-electron chi connectivity index (χ3n) is 4.06. The Morgan fingerprint density at radius 1 is 1.33 bits per heavy atom. The van der Waals surface area contributed by atoms with E-state index in [1.165, 1.54) is 6.92 Å². The third-order valence-corrected chi connectivity index (χ3v) is 4.06. The fourth-order valence-electron chi connectivity index (χ4n) is 2.74. The number of hydrogen-bond acceptors (Lipinski definition) is 4. The van der Waals surface area contributed by atoms with Crippen LogP contribution in [0.15, 0.2) is 42.7 Å². The summed E-state index contributed by atoms with van der Waals surface area (Å²) in [7, 11) is 0. The quantitative estimate of drug-likeness (QED) is 0.837. The van der Waals surface area contributed by atoms with Gasteiger partial charge in [-0.05, 0) is 32.0 Å². The molecular formula is C17H20N4O3. The number of aromatic nitrogens is 2. The Labute approximate surface area is 140 Å². The van der Waals surface area contributed by atoms with Crippen molar-refractivity contribution in [2.75, 3.05) is 18.0 Å². The molecule has 2 aromatic rings. The topological polar surface area (TPSA) is 76.5 Å². The van der Waals surface area contributed by atoms with E-state index >= 15 is 0 Å². The number of likely N-dealkylation sites (N-methyl/N-ethyl adjacent to an activating group) is 1. The van der Waals surface area contributed by atoms with E-state index in [4.69, 9.17) is 4.74 Å². The highest BCUT2D eigenvalue weighted by atomic mass is 16.5. The van der Waals surface area contributed by atoms with Crippen LogP contribution in [-0.4, -0.2) is 40.3 Å². The van der Waals surface area contributed by atoms with Crippen LogP contribution in [0.25, 0.3) is 0 Å². The number of nitrogens with zero attached hydrogens (tertiary/aromatic N) is 3. The van der Waals surface area contributed by atoms with Crippen LogP contribution >= 0.6 is 0 Å². The molecule has 1 aliphatic heterocycles. The number of amides is 2. The van der Waals surface area contributed by atoms with E-state index in [1.807, 2.05) is 37.4 Å². The molecule has 3 rings (SSSR count). The van der Waals surface area contributed by atoms with E-state index < -0.39 is 11.5 Å². The van der Waals surface area contributed by atoms with Gasteiger partial charge in [-0.1, -0.05) is 12.1 Å². The molecule has 126 valence electrons. The van der Waals surface area contributed by atoms with Crippen LogP contribution in [0.1, 0.15) is 13.8 Å². The fourth-order valence-corrected chi connectivity index (χ4v) is 2.74. The van der Waals surface area contributed by atoms with Gasteiger partial charge in [-0.2, -0.15) is 5.10 Å². The SMILES string of the molecule is CCN1C(=O)C(C)(C(=O)NCCn2cccn2)Oc2ccccc21. The molecule has 0 radical (unpaired) electrons. The van der Waals surface area contributed by atoms with Crippen LogP contribution in [0.5, 0.6) is 5.75 Å². The van der Waals surface area contributed by atoms with Crippen molar-refractivity contribution in [3.63, 3.8) is 0 Å². The summed E-state index contributed by atoms with van der Waals surface area (Å²) in [6.07, 6.45) is 3.48. The number of ether oxygens (including phenoxy) is 1. The number of carbonyl (C=O) groups excluding carboxylic acids is 2. The number of benzene rings is 1. The van der Waals surface area contributed by atoms with E-state index in [1.54, 1.807) is 21.8 Å². The van der Waals surface area contributed by atoms with Crippen LogP contribution in [0.3, 0.4) is 0 Å². The molecule has 1 N–H and O–H groups in total. The van der Waals surface area contributed by atoms with Crippen LogP contribution < -0.4 is 15.0 Å². The predicted molar refractivity (Wildman–Crippen MR) is 88.7 cm³/mol. The van der Waals surface area contributed by atoms with Gasteiger partial charge in [-0.3, -0.25) is 14.3 Å². The van der Waals surface area contributed by atoms with Crippen LogP contribution in [0.2, 0.25) is 0 Å². The zero-order chi connectivity index (χ0) is 17.2. The third kappa shape index (κ3) is 2.73. The number of hydrogen-bond donors (Lipinski definition) is 1. The summed E-state index contributed by atoms with van der Waals surface area (Å²) in [6, 6.07) is 9.04. The van der Waals surface area contributed by atoms with Crippen LogP contribution in [-0.2, 0) is 16.1 Å². The van der Waals surface area contributed by atoms with Gasteiger partial charge in [0.1, 0.15) is 5.75 Å². The van der Waals surface area contributed by atoms with E-state index in [-0.39, 0.29) is 5.91 Å². The van der Waals surface area contributed by atoms with Gasteiger partial charge in [0, 0.05) is 25.5 Å². The number of nitrogens with one attached hydrogen (secondary N) is 1. The van der Waals surface area contributed by atoms with Crippen molar-refractivity contribution < 1.29 is 14.3 Å². The summed E-state index contributed by atoms with van der Waals surface area (Å²) in [5.74, 6) is -0.281. The number of rotatable bonds is 5. The molecule has 24 heavy (non-hydrogen) atoms. The summed E-state index contributed by atoms with van der Waals surface area (Å²) >= 11 is 0. The Hall–Kier alpha value is -2.83. The summed E-state index contributed by atoms with van der Waals surface area (Å²) in [4.78, 5) is 27.0. The summed E-state index contributed by atoms with van der Waals surface area (Å²) in [5, 5.41) is 6.84. The van der Waals surface area contributed by atoms with Crippen molar-refractivity contribution in [1.29, 1.82) is 0 Å². The van der Waals surface area contributed by atoms with Gasteiger partial charge in [-0.15, -0.1) is 0 Å². The minimum Gasteiger partial charge on any atom is -0.466 e. The highest BCUT2D eigenvalue weighted by Gasteiger charge is 2.50. The minimum atomic E-state index is -1.57. The first-order valence-corrected chi connectivity index (χ1v) is 7.92. The van der Waals surface area contributed by atoms with Gasteiger partial charge in [0.25, 0.3) is 17.4 Å². The molecule has 1 unspecified atom stereocenters. The average molecular weight is 328 g/mol. The molecule has 7 heteroatoms. The van der Waals surface area contributed by atoms with E-state index in [2.05, 4.69) is 10.4 Å². The van der Waals surface area contributed by atoms with Gasteiger partial charge in [0.15, 0.2) is 0 Å². The Kier molecular flexibility index (Phi) is 4.24. The van der Waals surface area contributed by atoms with Crippen LogP contribution in [0.4, 0.5) is 5.69 Å². The van der Waals surface area contributed by atoms with Crippen molar-refractivity contribution >= 4 is 17.5 Å². The highest BCUT2D eigenvalue weighted by molar-refractivity contribution is 6.16. The normalized spacial score (nSPS) is 19.6. The highest BCUT2D eigenvalue weighted by Crippen LogP contribution is 2.37. The maximum absolute atomic E-state index is 12.8. The van der Waals surface area contributed by atoms with Crippen molar-refractivity contribution in [3.8, 4) is 5.75 Å². The Morgan fingerprint density at radius 3 is 2.83 bits per heavy atom. The zero-order valence-corrected chi connectivity index (χ0v) is 13.7. The Bertz CT molecular complexity index is 744. The number of carbonyl (C=O) groups is 2. The molecule has 2 heterocycles. The molecule has 7 nitrogen and oxygen atoms in total. The van der Waals surface area contributed by atoms with Crippen molar-refractivity contribution in [1.82, 2.24) is 15.1 Å². The lowest BCUT2D eigenvalue weighted by Crippen LogP contribution is -2.62. The van der Waals surface area contributed by atoms with E-state index in [9.17, 15) is 9.59 Å². The maximum Gasteiger partial charge on any atom is 0.280 e.